The van der Waals surface area contributed by atoms with E-state index in [1.165, 1.54) is 16.8 Å². The minimum atomic E-state index is -0.370. The molecular weight excluding hydrogens is 360 g/mol. The van der Waals surface area contributed by atoms with Crippen LogP contribution >= 0.6 is 0 Å². The minimum Gasteiger partial charge on any atom is -0.496 e. The zero-order chi connectivity index (χ0) is 20.7. The Kier molecular flexibility index (Phi) is 4.95. The van der Waals surface area contributed by atoms with E-state index >= 15 is 0 Å². The van der Waals surface area contributed by atoms with Crippen LogP contribution < -0.4 is 10.5 Å². The van der Waals surface area contributed by atoms with Crippen molar-refractivity contribution in [2.45, 2.75) is 46.1 Å². The van der Waals surface area contributed by atoms with Gasteiger partial charge >= 0.3 is 0 Å². The third-order valence-electron chi connectivity index (χ3n) is 6.23. The molecule has 4 heteroatoms. The molecule has 1 atom stereocenters. The van der Waals surface area contributed by atoms with Crippen LogP contribution in [0.3, 0.4) is 0 Å². The molecule has 1 unspecified atom stereocenters. The van der Waals surface area contributed by atoms with Crippen LogP contribution in [0.4, 0.5) is 0 Å². The van der Waals surface area contributed by atoms with Gasteiger partial charge < -0.3 is 15.0 Å². The van der Waals surface area contributed by atoms with E-state index in [1.54, 1.807) is 7.11 Å². The number of benzene rings is 2. The molecule has 0 aliphatic heterocycles. The Morgan fingerprint density at radius 1 is 1.21 bits per heavy atom. The van der Waals surface area contributed by atoms with Gasteiger partial charge in [0.15, 0.2) is 0 Å². The van der Waals surface area contributed by atoms with E-state index in [4.69, 9.17) is 10.5 Å². The number of fused-ring (bicyclic) bond motifs is 1. The van der Waals surface area contributed by atoms with E-state index in [0.29, 0.717) is 5.56 Å². The number of amides is 1. The van der Waals surface area contributed by atoms with Gasteiger partial charge in [-0.15, -0.1) is 0 Å². The highest BCUT2D eigenvalue weighted by Crippen LogP contribution is 2.42. The van der Waals surface area contributed by atoms with Gasteiger partial charge in [0.05, 0.1) is 18.7 Å². The van der Waals surface area contributed by atoms with E-state index in [1.807, 2.05) is 26.0 Å². The van der Waals surface area contributed by atoms with E-state index in [9.17, 15) is 4.79 Å². The molecule has 0 bridgehead atoms. The zero-order valence-electron chi connectivity index (χ0n) is 17.6. The van der Waals surface area contributed by atoms with Crippen molar-refractivity contribution in [2.75, 3.05) is 7.11 Å². The number of carbonyl (C=O) groups excluding carboxylic acids is 1. The smallest absolute Gasteiger partial charge is 0.251 e. The largest absolute Gasteiger partial charge is 0.496 e. The van der Waals surface area contributed by atoms with E-state index in [2.05, 4.69) is 41.8 Å². The Bertz CT molecular complexity index is 1090. The number of carbonyl (C=O) groups is 1. The topological polar surface area (TPSA) is 57.2 Å². The van der Waals surface area contributed by atoms with Crippen molar-refractivity contribution < 1.29 is 9.53 Å². The van der Waals surface area contributed by atoms with Crippen molar-refractivity contribution in [3.63, 3.8) is 0 Å². The molecule has 4 nitrogen and oxygen atoms in total. The number of methoxy groups -OCH3 is 1. The number of hydrogen-bond donors (Lipinski definition) is 1. The fourth-order valence-corrected chi connectivity index (χ4v) is 4.99. The molecule has 2 aromatic carbocycles. The molecule has 0 spiro atoms. The lowest BCUT2D eigenvalue weighted by Crippen LogP contribution is -2.15. The number of ether oxygens (including phenoxy) is 1. The second kappa shape index (κ2) is 7.43. The molecule has 1 aliphatic rings. The summed E-state index contributed by atoms with van der Waals surface area (Å²) in [6, 6.07) is 15.0. The highest BCUT2D eigenvalue weighted by atomic mass is 16.5. The Morgan fingerprint density at radius 3 is 2.62 bits per heavy atom. The summed E-state index contributed by atoms with van der Waals surface area (Å²) in [5.74, 6) is 0.471. The van der Waals surface area contributed by atoms with Crippen molar-refractivity contribution in [3.05, 3.63) is 76.1 Å². The third-order valence-corrected chi connectivity index (χ3v) is 6.23. The van der Waals surface area contributed by atoms with Crippen molar-refractivity contribution in [2.24, 2.45) is 5.73 Å². The van der Waals surface area contributed by atoms with E-state index in [0.717, 1.165) is 47.4 Å². The first-order valence-corrected chi connectivity index (χ1v) is 10.2. The van der Waals surface area contributed by atoms with Gasteiger partial charge in [0.2, 0.25) is 0 Å². The molecule has 0 radical (unpaired) electrons. The highest BCUT2D eigenvalue weighted by molar-refractivity contribution is 6.02. The molecular formula is C25H28N2O2. The number of aromatic nitrogens is 1. The molecule has 1 aromatic heterocycles. The Labute approximate surface area is 172 Å². The predicted molar refractivity (Wildman–Crippen MR) is 117 cm³/mol. The van der Waals surface area contributed by atoms with Gasteiger partial charge in [-0.1, -0.05) is 37.3 Å². The average molecular weight is 389 g/mol. The summed E-state index contributed by atoms with van der Waals surface area (Å²) in [7, 11) is 1.67. The summed E-state index contributed by atoms with van der Waals surface area (Å²) >= 11 is 0. The zero-order valence-corrected chi connectivity index (χ0v) is 17.6. The van der Waals surface area contributed by atoms with Crippen LogP contribution in [-0.4, -0.2) is 17.6 Å². The molecule has 0 fully saturated rings. The maximum atomic E-state index is 12.6. The number of rotatable bonds is 5. The summed E-state index contributed by atoms with van der Waals surface area (Å²) in [5, 5.41) is 0. The van der Waals surface area contributed by atoms with Gasteiger partial charge in [-0.2, -0.15) is 0 Å². The van der Waals surface area contributed by atoms with E-state index < -0.39 is 0 Å². The van der Waals surface area contributed by atoms with Gasteiger partial charge in [0.25, 0.3) is 5.91 Å². The van der Waals surface area contributed by atoms with Crippen LogP contribution in [0.5, 0.6) is 5.75 Å². The molecule has 1 amide bonds. The number of aryl methyl sites for hydroxylation is 2. The SMILES string of the molecule is CCc1c(-c2ccc(OC)c(C)c2)c(C(N)=O)c(C)n1C1CCc2ccccc21. The lowest BCUT2D eigenvalue weighted by molar-refractivity contribution is 0.1000. The van der Waals surface area contributed by atoms with Crippen LogP contribution in [0.1, 0.15) is 57.8 Å². The fraction of sp³-hybridized carbons (Fsp3) is 0.320. The predicted octanol–water partition coefficient (Wildman–Crippen LogP) is 4.98. The average Bonchev–Trinajstić information content (AvgIpc) is 3.25. The Morgan fingerprint density at radius 2 is 1.97 bits per heavy atom. The normalized spacial score (nSPS) is 15.4. The van der Waals surface area contributed by atoms with Crippen LogP contribution in [0.15, 0.2) is 42.5 Å². The second-order valence-electron chi connectivity index (χ2n) is 7.81. The van der Waals surface area contributed by atoms with Gasteiger partial charge in [-0.25, -0.2) is 0 Å². The van der Waals surface area contributed by atoms with Crippen molar-refractivity contribution >= 4 is 5.91 Å². The quantitative estimate of drug-likeness (QED) is 0.670. The minimum absolute atomic E-state index is 0.243. The summed E-state index contributed by atoms with van der Waals surface area (Å²) < 4.78 is 7.78. The lowest BCUT2D eigenvalue weighted by Gasteiger charge is -2.20. The van der Waals surface area contributed by atoms with Gasteiger partial charge in [-0.05, 0) is 67.5 Å². The highest BCUT2D eigenvalue weighted by Gasteiger charge is 2.31. The standard InChI is InChI=1S/C25H28N2O2/c1-5-20-24(18-11-13-22(29-4)15(2)14-18)23(25(26)28)16(3)27(20)21-12-10-17-8-6-7-9-19(17)21/h6-9,11,13-14,21H,5,10,12H2,1-4H3,(H2,26,28). The molecule has 2 N–H and O–H groups in total. The molecule has 150 valence electrons. The van der Waals surface area contributed by atoms with Crippen LogP contribution in [0.2, 0.25) is 0 Å². The first-order valence-electron chi connectivity index (χ1n) is 10.2. The summed E-state index contributed by atoms with van der Waals surface area (Å²) in [4.78, 5) is 12.6. The van der Waals surface area contributed by atoms with Crippen LogP contribution in [0.25, 0.3) is 11.1 Å². The maximum absolute atomic E-state index is 12.6. The van der Waals surface area contributed by atoms with Crippen LogP contribution in [0, 0.1) is 13.8 Å². The molecule has 0 saturated carbocycles. The molecule has 3 aromatic rings. The van der Waals surface area contributed by atoms with Gasteiger partial charge in [0.1, 0.15) is 5.75 Å². The summed E-state index contributed by atoms with van der Waals surface area (Å²) in [5.41, 5.74) is 14.4. The Balaban J connectivity index is 1.97. The fourth-order valence-electron chi connectivity index (χ4n) is 4.99. The van der Waals surface area contributed by atoms with E-state index in [-0.39, 0.29) is 11.9 Å². The second-order valence-corrected chi connectivity index (χ2v) is 7.81. The molecule has 1 aliphatic carbocycles. The number of hydrogen-bond acceptors (Lipinski definition) is 2. The monoisotopic (exact) mass is 388 g/mol. The summed E-state index contributed by atoms with van der Waals surface area (Å²) in [6.45, 7) is 6.20. The third kappa shape index (κ3) is 3.03. The van der Waals surface area contributed by atoms with Crippen molar-refractivity contribution in [1.29, 1.82) is 0 Å². The number of nitrogens with two attached hydrogens (primary N) is 1. The van der Waals surface area contributed by atoms with Gasteiger partial charge in [0, 0.05) is 17.0 Å². The molecule has 0 saturated heterocycles. The Hall–Kier alpha value is -3.01. The summed E-state index contributed by atoms with van der Waals surface area (Å²) in [6.07, 6.45) is 2.93. The molecule has 29 heavy (non-hydrogen) atoms. The van der Waals surface area contributed by atoms with Crippen molar-refractivity contribution in [1.82, 2.24) is 4.57 Å². The molecule has 1 heterocycles. The number of primary amides is 1. The van der Waals surface area contributed by atoms with Crippen molar-refractivity contribution in [3.8, 4) is 16.9 Å². The van der Waals surface area contributed by atoms with Crippen LogP contribution in [-0.2, 0) is 12.8 Å². The van der Waals surface area contributed by atoms with Gasteiger partial charge in [-0.3, -0.25) is 4.79 Å². The maximum Gasteiger partial charge on any atom is 0.251 e. The first kappa shape index (κ1) is 19.3. The molecule has 4 rings (SSSR count). The lowest BCUT2D eigenvalue weighted by atomic mass is 9.97. The first-order chi connectivity index (χ1) is 14.0. The number of nitrogens with zero attached hydrogens (tertiary/aromatic N) is 1.